The molecule has 0 heterocycles. The van der Waals surface area contributed by atoms with Crippen molar-refractivity contribution in [3.05, 3.63) is 0 Å². The van der Waals surface area contributed by atoms with Gasteiger partial charge in [-0.05, 0) is 94.4 Å². The molecule has 0 unspecified atom stereocenters. The highest BCUT2D eigenvalue weighted by molar-refractivity contribution is 5.77. The molecular weight excluding hydrogens is 939 g/mol. The predicted octanol–water partition coefficient (Wildman–Crippen LogP) is 5.23. The zero-order valence-electron chi connectivity index (χ0n) is 45.4. The maximum Gasteiger partial charge on any atom is 0.407 e. The third-order valence-electron chi connectivity index (χ3n) is 9.75. The zero-order chi connectivity index (χ0) is 54.3. The number of esters is 1. The summed E-state index contributed by atoms with van der Waals surface area (Å²) in [4.78, 5) is 98.8. The minimum absolute atomic E-state index is 0.00253. The van der Waals surface area contributed by atoms with Crippen LogP contribution in [0.15, 0.2) is 0 Å². The Kier molecular flexibility index (Phi) is 36.0. The van der Waals surface area contributed by atoms with Gasteiger partial charge in [-0.25, -0.2) is 14.4 Å². The van der Waals surface area contributed by atoms with E-state index >= 15 is 0 Å². The topological polar surface area (TPSA) is 285 Å². The van der Waals surface area contributed by atoms with Crippen molar-refractivity contribution in [1.82, 2.24) is 37.2 Å². The lowest BCUT2D eigenvalue weighted by Gasteiger charge is -2.34. The fourth-order valence-corrected chi connectivity index (χ4v) is 6.33. The summed E-state index contributed by atoms with van der Waals surface area (Å²) in [5, 5.41) is 19.4. The van der Waals surface area contributed by atoms with Gasteiger partial charge >= 0.3 is 24.2 Å². The molecule has 0 rings (SSSR count). The van der Waals surface area contributed by atoms with Crippen molar-refractivity contribution in [2.75, 3.05) is 86.0 Å². The van der Waals surface area contributed by atoms with E-state index in [9.17, 15) is 38.4 Å². The number of rotatable bonds is 39. The summed E-state index contributed by atoms with van der Waals surface area (Å²) in [5.74, 6) is -1.33. The molecule has 0 atom stereocenters. The van der Waals surface area contributed by atoms with Crippen molar-refractivity contribution in [3.8, 4) is 0 Å². The first-order valence-corrected chi connectivity index (χ1v) is 25.7. The maximum atomic E-state index is 13.6. The summed E-state index contributed by atoms with van der Waals surface area (Å²) in [6.45, 7) is 17.3. The van der Waals surface area contributed by atoms with Crippen LogP contribution >= 0.6 is 0 Å². The van der Waals surface area contributed by atoms with Crippen LogP contribution in [0, 0.1) is 0 Å². The Morgan fingerprint density at radius 3 is 0.944 bits per heavy atom. The van der Waals surface area contributed by atoms with Gasteiger partial charge in [-0.2, -0.15) is 0 Å². The Balaban J connectivity index is 5.63. The van der Waals surface area contributed by atoms with Gasteiger partial charge in [-0.15, -0.1) is 0 Å². The summed E-state index contributed by atoms with van der Waals surface area (Å²) >= 11 is 0. The van der Waals surface area contributed by atoms with E-state index in [2.05, 4.69) is 37.2 Å². The Bertz CT molecular complexity index is 1440. The van der Waals surface area contributed by atoms with Gasteiger partial charge in [0.15, 0.2) is 0 Å². The van der Waals surface area contributed by atoms with E-state index in [0.29, 0.717) is 71.4 Å². The van der Waals surface area contributed by atoms with E-state index in [1.165, 1.54) is 7.11 Å². The van der Waals surface area contributed by atoms with Crippen LogP contribution in [-0.2, 0) is 57.1 Å². The first-order chi connectivity index (χ1) is 33.8. The fraction of sp³-hybridized carbons (Fsp3) is 0.840. The minimum atomic E-state index is -1.28. The van der Waals surface area contributed by atoms with Gasteiger partial charge < -0.3 is 70.4 Å². The van der Waals surface area contributed by atoms with Crippen LogP contribution in [0.25, 0.3) is 0 Å². The maximum absolute atomic E-state index is 13.6. The number of carbonyl (C=O) groups excluding carboxylic acids is 8. The SMILES string of the molecule is COC(=O)CCCCCCCCCCC(=O)NC(COCCC(=O)NCCCNC(=O)OC(C)(C)C)(COCCC(=O)NCCCNC(=O)OC(C)(C)C)COCCC(=O)NCCCNC(=O)OC(C)(C)C. The van der Waals surface area contributed by atoms with Crippen LogP contribution < -0.4 is 37.2 Å². The zero-order valence-corrected chi connectivity index (χ0v) is 45.4. The standard InChI is InChI=1S/C50H93N7O15/c1-47(2,3)70-44(63)54-30-19-27-51-39(58)24-33-67-36-50(57-42(61)22-17-15-13-11-12-14-16-18-23-43(62)66-10,37-68-34-25-40(59)52-28-20-31-55-45(64)71-48(4,5)6)38-69-35-26-41(60)53-29-21-32-56-46(65)72-49(7,8)9/h11-38H2,1-10H3,(H,51,58)(H,52,59)(H,53,60)(H,54,63)(H,55,64)(H,56,65)(H,57,61). The van der Waals surface area contributed by atoms with Gasteiger partial charge in [0, 0.05) is 71.4 Å². The molecule has 0 saturated heterocycles. The number of ether oxygens (including phenoxy) is 7. The van der Waals surface area contributed by atoms with E-state index in [4.69, 9.17) is 33.2 Å². The molecular formula is C50H93N7O15. The van der Waals surface area contributed by atoms with Crippen LogP contribution in [0.4, 0.5) is 14.4 Å². The van der Waals surface area contributed by atoms with Crippen molar-refractivity contribution < 1.29 is 71.5 Å². The van der Waals surface area contributed by atoms with Gasteiger partial charge in [-0.1, -0.05) is 38.5 Å². The summed E-state index contributed by atoms with van der Waals surface area (Å²) < 4.78 is 38.4. The number of amides is 7. The molecule has 7 N–H and O–H groups in total. The Morgan fingerprint density at radius 2 is 0.639 bits per heavy atom. The van der Waals surface area contributed by atoms with Crippen LogP contribution in [0.3, 0.4) is 0 Å². The molecule has 0 aliphatic heterocycles. The van der Waals surface area contributed by atoms with Crippen molar-refractivity contribution in [2.45, 2.75) is 187 Å². The van der Waals surface area contributed by atoms with E-state index in [1.54, 1.807) is 62.3 Å². The normalized spacial score (nSPS) is 11.7. The molecule has 0 fully saturated rings. The molecule has 418 valence electrons. The molecule has 0 aliphatic carbocycles. The second kappa shape index (κ2) is 38.6. The average Bonchev–Trinajstić information content (AvgIpc) is 3.26. The molecule has 0 bridgehead atoms. The highest BCUT2D eigenvalue weighted by Gasteiger charge is 2.34. The molecule has 7 amide bonds. The number of hydrogen-bond acceptors (Lipinski definition) is 15. The molecule has 0 aliphatic rings. The molecule has 0 aromatic carbocycles. The summed E-state index contributed by atoms with van der Waals surface area (Å²) in [7, 11) is 1.39. The van der Waals surface area contributed by atoms with Crippen molar-refractivity contribution in [2.24, 2.45) is 0 Å². The summed E-state index contributed by atoms with van der Waals surface area (Å²) in [5.41, 5.74) is -3.16. The number of alkyl carbamates (subject to hydrolysis) is 3. The van der Waals surface area contributed by atoms with Crippen molar-refractivity contribution >= 4 is 47.9 Å². The molecule has 0 aromatic rings. The minimum Gasteiger partial charge on any atom is -0.469 e. The molecule has 0 saturated carbocycles. The molecule has 72 heavy (non-hydrogen) atoms. The average molecular weight is 1030 g/mol. The van der Waals surface area contributed by atoms with E-state index in [0.717, 1.165) is 44.9 Å². The number of carbonyl (C=O) groups is 8. The largest absolute Gasteiger partial charge is 0.469 e. The Hall–Kier alpha value is -4.96. The predicted molar refractivity (Wildman–Crippen MR) is 271 cm³/mol. The van der Waals surface area contributed by atoms with E-state index in [1.807, 2.05) is 0 Å². The smallest absolute Gasteiger partial charge is 0.407 e. The third-order valence-corrected chi connectivity index (χ3v) is 9.75. The van der Waals surface area contributed by atoms with Gasteiger partial charge in [0.25, 0.3) is 0 Å². The lowest BCUT2D eigenvalue weighted by Crippen LogP contribution is -2.58. The highest BCUT2D eigenvalue weighted by atomic mass is 16.6. The fourth-order valence-electron chi connectivity index (χ4n) is 6.33. The molecule has 0 aromatic heterocycles. The molecule has 0 spiro atoms. The summed E-state index contributed by atoms with van der Waals surface area (Å²) in [6.07, 6.45) is 7.59. The van der Waals surface area contributed by atoms with Crippen molar-refractivity contribution in [1.29, 1.82) is 0 Å². The summed E-state index contributed by atoms with van der Waals surface area (Å²) in [6, 6.07) is 0. The second-order valence-corrected chi connectivity index (χ2v) is 20.5. The molecule has 22 nitrogen and oxygen atoms in total. The van der Waals surface area contributed by atoms with Gasteiger partial charge in [0.2, 0.25) is 23.6 Å². The number of nitrogens with one attached hydrogen (secondary N) is 7. The Morgan fingerprint density at radius 1 is 0.347 bits per heavy atom. The highest BCUT2D eigenvalue weighted by Crippen LogP contribution is 2.15. The van der Waals surface area contributed by atoms with E-state index < -0.39 is 40.6 Å². The third kappa shape index (κ3) is 43.8. The van der Waals surface area contributed by atoms with Gasteiger partial charge in [0.1, 0.15) is 22.3 Å². The Labute approximate surface area is 429 Å². The second-order valence-electron chi connectivity index (χ2n) is 20.5. The monoisotopic (exact) mass is 1030 g/mol. The first-order valence-electron chi connectivity index (χ1n) is 25.7. The van der Waals surface area contributed by atoms with Crippen LogP contribution in [0.1, 0.15) is 165 Å². The lowest BCUT2D eigenvalue weighted by atomic mass is 10.0. The lowest BCUT2D eigenvalue weighted by molar-refractivity contribution is -0.140. The van der Waals surface area contributed by atoms with Gasteiger partial charge in [0.05, 0.1) is 46.8 Å². The van der Waals surface area contributed by atoms with Crippen LogP contribution in [0.5, 0.6) is 0 Å². The number of methoxy groups -OCH3 is 1. The van der Waals surface area contributed by atoms with Crippen LogP contribution in [-0.4, -0.2) is 156 Å². The number of unbranched alkanes of at least 4 members (excludes halogenated alkanes) is 7. The van der Waals surface area contributed by atoms with Gasteiger partial charge in [-0.3, -0.25) is 24.0 Å². The molecule has 0 radical (unpaired) electrons. The first kappa shape index (κ1) is 67.0. The van der Waals surface area contributed by atoms with Crippen molar-refractivity contribution in [3.63, 3.8) is 0 Å². The molecule has 22 heteroatoms. The number of hydrogen-bond donors (Lipinski definition) is 7. The van der Waals surface area contributed by atoms with E-state index in [-0.39, 0.29) is 94.9 Å². The quantitative estimate of drug-likeness (QED) is 0.0236. The van der Waals surface area contributed by atoms with Crippen LogP contribution in [0.2, 0.25) is 0 Å².